The van der Waals surface area contributed by atoms with Gasteiger partial charge in [0.25, 0.3) is 0 Å². The highest BCUT2D eigenvalue weighted by Crippen LogP contribution is 2.30. The van der Waals surface area contributed by atoms with E-state index in [-0.39, 0.29) is 4.90 Å². The minimum absolute atomic E-state index is 0.229. The van der Waals surface area contributed by atoms with Crippen molar-refractivity contribution < 1.29 is 8.42 Å². The maximum absolute atomic E-state index is 12.8. The van der Waals surface area contributed by atoms with Crippen molar-refractivity contribution in [1.29, 1.82) is 0 Å². The number of H-pyrrole nitrogens is 1. The molecule has 10 heteroatoms. The molecule has 0 saturated carbocycles. The number of benzene rings is 2. The average Bonchev–Trinajstić information content (AvgIpc) is 3.23. The third-order valence-electron chi connectivity index (χ3n) is 4.72. The van der Waals surface area contributed by atoms with E-state index in [0.29, 0.717) is 28.5 Å². The molecule has 0 radical (unpaired) electrons. The number of anilines is 4. The van der Waals surface area contributed by atoms with Crippen LogP contribution in [0.15, 0.2) is 70.6 Å². The second-order valence-corrected chi connectivity index (χ2v) is 10.3. The van der Waals surface area contributed by atoms with Crippen LogP contribution in [0.2, 0.25) is 0 Å². The van der Waals surface area contributed by atoms with Crippen LogP contribution in [0.3, 0.4) is 0 Å². The third kappa shape index (κ3) is 4.36. The molecule has 0 unspecified atom stereocenters. The maximum atomic E-state index is 12.8. The van der Waals surface area contributed by atoms with Crippen molar-refractivity contribution in [1.82, 2.24) is 15.0 Å². The Morgan fingerprint density at radius 3 is 2.45 bits per heavy atom. The van der Waals surface area contributed by atoms with Gasteiger partial charge in [0.1, 0.15) is 5.52 Å². The third-order valence-corrected chi connectivity index (χ3v) is 7.47. The highest BCUT2D eigenvalue weighted by atomic mass is 32.2. The molecule has 5 N–H and O–H groups in total. The highest BCUT2D eigenvalue weighted by Gasteiger charge is 2.23. The van der Waals surface area contributed by atoms with Crippen molar-refractivity contribution in [3.8, 4) is 0 Å². The van der Waals surface area contributed by atoms with Crippen molar-refractivity contribution in [2.45, 2.75) is 28.9 Å². The summed E-state index contributed by atoms with van der Waals surface area (Å²) < 4.78 is 25.6. The van der Waals surface area contributed by atoms with Crippen LogP contribution < -0.4 is 15.8 Å². The Kier molecular flexibility index (Phi) is 5.86. The molecule has 2 heterocycles. The number of sulfone groups is 1. The predicted molar refractivity (Wildman–Crippen MR) is 126 cm³/mol. The van der Waals surface area contributed by atoms with Gasteiger partial charge in [-0.15, -0.1) is 0 Å². The van der Waals surface area contributed by atoms with Gasteiger partial charge < -0.3 is 15.6 Å². The van der Waals surface area contributed by atoms with Gasteiger partial charge in [-0.3, -0.25) is 5.14 Å². The molecule has 2 aromatic heterocycles. The normalized spacial score (nSPS) is 11.7. The molecule has 0 aliphatic heterocycles. The number of rotatable bonds is 7. The van der Waals surface area contributed by atoms with Gasteiger partial charge in [-0.2, -0.15) is 4.98 Å². The van der Waals surface area contributed by atoms with Crippen LogP contribution in [0.25, 0.3) is 11.0 Å². The predicted octanol–water partition coefficient (Wildman–Crippen LogP) is 4.59. The Balaban J connectivity index is 1.73. The summed E-state index contributed by atoms with van der Waals surface area (Å²) in [4.78, 5) is 13.4. The number of aromatic amines is 1. The summed E-state index contributed by atoms with van der Waals surface area (Å²) in [6.45, 7) is 3.33. The van der Waals surface area contributed by atoms with Crippen LogP contribution in [0, 0.1) is 0 Å². The molecule has 0 fully saturated rings. The van der Waals surface area contributed by atoms with E-state index in [2.05, 4.69) is 25.6 Å². The van der Waals surface area contributed by atoms with E-state index in [1.165, 1.54) is 11.9 Å². The van der Waals surface area contributed by atoms with E-state index in [1.807, 2.05) is 30.3 Å². The molecule has 8 nitrogen and oxygen atoms in total. The second kappa shape index (κ2) is 8.58. The number of nitrogens with two attached hydrogens (primary N) is 1. The lowest BCUT2D eigenvalue weighted by atomic mass is 10.3. The van der Waals surface area contributed by atoms with Crippen LogP contribution in [0.5, 0.6) is 0 Å². The summed E-state index contributed by atoms with van der Waals surface area (Å²) in [5.41, 5.74) is 2.64. The summed E-state index contributed by atoms with van der Waals surface area (Å²) in [6.07, 6.45) is 1.76. The number of hydrogen-bond donors (Lipinski definition) is 4. The molecular formula is C21H22N6O2S2. The molecule has 4 rings (SSSR count). The fourth-order valence-electron chi connectivity index (χ4n) is 3.04. The number of para-hydroxylation sites is 1. The highest BCUT2D eigenvalue weighted by molar-refractivity contribution is 7.97. The summed E-state index contributed by atoms with van der Waals surface area (Å²) in [6, 6.07) is 16.2. The summed E-state index contributed by atoms with van der Waals surface area (Å²) in [7, 11) is -3.48. The van der Waals surface area contributed by atoms with Crippen LogP contribution >= 0.6 is 11.9 Å². The molecule has 0 aliphatic rings. The quantitative estimate of drug-likeness (QED) is 0.299. The van der Waals surface area contributed by atoms with Crippen LogP contribution in [-0.2, 0) is 9.84 Å². The molecule has 0 bridgehead atoms. The van der Waals surface area contributed by atoms with Crippen molar-refractivity contribution in [3.05, 3.63) is 60.8 Å². The zero-order chi connectivity index (χ0) is 22.0. The van der Waals surface area contributed by atoms with Gasteiger partial charge in [-0.1, -0.05) is 12.1 Å². The van der Waals surface area contributed by atoms with Crippen molar-refractivity contribution in [3.63, 3.8) is 0 Å². The first-order chi connectivity index (χ1) is 14.9. The first-order valence-electron chi connectivity index (χ1n) is 9.57. The lowest BCUT2D eigenvalue weighted by Crippen LogP contribution is -2.15. The molecule has 4 aromatic rings. The topological polar surface area (TPSA) is 126 Å². The Bertz CT molecular complexity index is 1320. The maximum Gasteiger partial charge on any atom is 0.229 e. The Morgan fingerprint density at radius 1 is 1.00 bits per heavy atom. The number of nitrogens with zero attached hydrogens (tertiary/aromatic N) is 2. The standard InChI is InChI=1S/C21H22N6O2S2/c1-13(2)31(28,29)18-6-4-3-5-16(18)25-20-19-17(11-12-23-19)26-21(27-20)24-14-7-9-15(30-22)10-8-14/h3-13,23H,22H2,1-2H3,(H2,24,25,26,27). The van der Waals surface area contributed by atoms with E-state index in [1.54, 1.807) is 44.3 Å². The smallest absolute Gasteiger partial charge is 0.229 e. The van der Waals surface area contributed by atoms with E-state index in [9.17, 15) is 8.42 Å². The number of nitrogens with one attached hydrogen (secondary N) is 3. The fourth-order valence-corrected chi connectivity index (χ4v) is 4.53. The Labute approximate surface area is 184 Å². The molecule has 0 spiro atoms. The van der Waals surface area contributed by atoms with Crippen LogP contribution in [0.4, 0.5) is 23.1 Å². The van der Waals surface area contributed by atoms with E-state index < -0.39 is 15.1 Å². The molecule has 31 heavy (non-hydrogen) atoms. The summed E-state index contributed by atoms with van der Waals surface area (Å²) >= 11 is 1.17. The minimum atomic E-state index is -3.48. The molecule has 0 amide bonds. The zero-order valence-corrected chi connectivity index (χ0v) is 18.6. The van der Waals surface area contributed by atoms with Gasteiger partial charge in [-0.25, -0.2) is 13.4 Å². The van der Waals surface area contributed by atoms with Gasteiger partial charge in [0.2, 0.25) is 5.95 Å². The number of fused-ring (bicyclic) bond motifs is 1. The molecular weight excluding hydrogens is 432 g/mol. The number of aromatic nitrogens is 3. The largest absolute Gasteiger partial charge is 0.357 e. The van der Waals surface area contributed by atoms with E-state index >= 15 is 0 Å². The minimum Gasteiger partial charge on any atom is -0.357 e. The summed E-state index contributed by atoms with van der Waals surface area (Å²) in [5.74, 6) is 0.852. The second-order valence-electron chi connectivity index (χ2n) is 7.12. The lowest BCUT2D eigenvalue weighted by molar-refractivity contribution is 0.588. The van der Waals surface area contributed by atoms with E-state index in [0.717, 1.165) is 10.6 Å². The Hall–Kier alpha value is -3.08. The fraction of sp³-hybridized carbons (Fsp3) is 0.143. The monoisotopic (exact) mass is 454 g/mol. The zero-order valence-electron chi connectivity index (χ0n) is 17.0. The summed E-state index contributed by atoms with van der Waals surface area (Å²) in [5, 5.41) is 11.4. The van der Waals surface area contributed by atoms with Gasteiger partial charge >= 0.3 is 0 Å². The first kappa shape index (κ1) is 21.2. The van der Waals surface area contributed by atoms with Gasteiger partial charge in [0, 0.05) is 16.8 Å². The van der Waals surface area contributed by atoms with Crippen molar-refractivity contribution in [2.75, 3.05) is 10.6 Å². The van der Waals surface area contributed by atoms with Crippen molar-refractivity contribution in [2.24, 2.45) is 5.14 Å². The van der Waals surface area contributed by atoms with Crippen LogP contribution in [-0.4, -0.2) is 28.6 Å². The van der Waals surface area contributed by atoms with Crippen molar-refractivity contribution >= 4 is 56.0 Å². The molecule has 0 saturated heterocycles. The molecule has 2 aromatic carbocycles. The molecule has 0 atom stereocenters. The SMILES string of the molecule is CC(C)S(=O)(=O)c1ccccc1Nc1nc(Nc2ccc(SN)cc2)nc2cc[nH]c12. The average molecular weight is 455 g/mol. The van der Waals surface area contributed by atoms with Gasteiger partial charge in [0.15, 0.2) is 15.7 Å². The Morgan fingerprint density at radius 2 is 1.74 bits per heavy atom. The van der Waals surface area contributed by atoms with Crippen LogP contribution in [0.1, 0.15) is 13.8 Å². The van der Waals surface area contributed by atoms with Gasteiger partial charge in [0.05, 0.1) is 21.3 Å². The number of hydrogen-bond acceptors (Lipinski definition) is 8. The lowest BCUT2D eigenvalue weighted by Gasteiger charge is -2.15. The molecule has 160 valence electrons. The van der Waals surface area contributed by atoms with E-state index in [4.69, 9.17) is 5.14 Å². The first-order valence-corrected chi connectivity index (χ1v) is 12.0. The molecule has 0 aliphatic carbocycles. The van der Waals surface area contributed by atoms with Gasteiger partial charge in [-0.05, 0) is 68.3 Å².